The largest absolute Gasteiger partial charge is 0.497 e. The topological polar surface area (TPSA) is 80.4 Å². The summed E-state index contributed by atoms with van der Waals surface area (Å²) in [5.74, 6) is 1.21. The average Bonchev–Trinajstić information content (AvgIpc) is 3.53. The standard InChI is InChI=1S/C27H36N6O3/c1-30(2)25(34)31-13-11-27(12-14-31)19-32(23-9-7-21(8-10-23)22-16-28-29-17-22)26(35)33(27)18-20-5-4-6-24(15-20)36-3/h4-10,15,22,28-29H,11-14,16-19H2,1-3H3. The number of ether oxygens (including phenoxy) is 1. The third-order valence-corrected chi connectivity index (χ3v) is 7.81. The molecule has 1 spiro atoms. The summed E-state index contributed by atoms with van der Waals surface area (Å²) in [6.45, 7) is 4.20. The maximum absolute atomic E-state index is 13.9. The van der Waals surface area contributed by atoms with E-state index >= 15 is 0 Å². The van der Waals surface area contributed by atoms with Crippen LogP contribution in [0, 0.1) is 0 Å². The van der Waals surface area contributed by atoms with Gasteiger partial charge in [-0.05, 0) is 48.2 Å². The van der Waals surface area contributed by atoms with Crippen LogP contribution in [-0.2, 0) is 6.54 Å². The summed E-state index contributed by atoms with van der Waals surface area (Å²) in [7, 11) is 5.22. The van der Waals surface area contributed by atoms with Crippen molar-refractivity contribution >= 4 is 17.7 Å². The van der Waals surface area contributed by atoms with Gasteiger partial charge in [0.2, 0.25) is 0 Å². The molecule has 3 fully saturated rings. The molecule has 2 aromatic rings. The zero-order chi connectivity index (χ0) is 25.3. The molecule has 0 radical (unpaired) electrons. The number of rotatable bonds is 5. The number of likely N-dealkylation sites (tertiary alicyclic amines) is 1. The van der Waals surface area contributed by atoms with E-state index in [1.165, 1.54) is 5.56 Å². The summed E-state index contributed by atoms with van der Waals surface area (Å²) in [4.78, 5) is 33.9. The van der Waals surface area contributed by atoms with Crippen molar-refractivity contribution < 1.29 is 14.3 Å². The minimum Gasteiger partial charge on any atom is -0.497 e. The number of carbonyl (C=O) groups excluding carboxylic acids is 2. The summed E-state index contributed by atoms with van der Waals surface area (Å²) in [5.41, 5.74) is 9.25. The van der Waals surface area contributed by atoms with Crippen molar-refractivity contribution in [1.82, 2.24) is 25.6 Å². The van der Waals surface area contributed by atoms with Gasteiger partial charge < -0.3 is 19.4 Å². The lowest BCUT2D eigenvalue weighted by atomic mass is 9.86. The minimum atomic E-state index is -0.332. The van der Waals surface area contributed by atoms with Crippen molar-refractivity contribution in [3.05, 3.63) is 59.7 Å². The smallest absolute Gasteiger partial charge is 0.325 e. The maximum atomic E-state index is 13.9. The number of hydrazine groups is 1. The molecule has 3 aliphatic heterocycles. The van der Waals surface area contributed by atoms with E-state index < -0.39 is 0 Å². The third kappa shape index (κ3) is 4.60. The molecule has 9 nitrogen and oxygen atoms in total. The predicted molar refractivity (Wildman–Crippen MR) is 139 cm³/mol. The predicted octanol–water partition coefficient (Wildman–Crippen LogP) is 2.85. The fraction of sp³-hybridized carbons (Fsp3) is 0.481. The van der Waals surface area contributed by atoms with Gasteiger partial charge in [0.25, 0.3) is 0 Å². The van der Waals surface area contributed by atoms with E-state index in [0.717, 1.165) is 42.9 Å². The molecule has 4 amide bonds. The van der Waals surface area contributed by atoms with Crippen LogP contribution in [0.15, 0.2) is 48.5 Å². The fourth-order valence-electron chi connectivity index (χ4n) is 5.64. The van der Waals surface area contributed by atoms with Crippen LogP contribution in [0.4, 0.5) is 15.3 Å². The lowest BCUT2D eigenvalue weighted by molar-refractivity contribution is 0.0767. The molecule has 0 aromatic heterocycles. The van der Waals surface area contributed by atoms with E-state index in [0.29, 0.717) is 32.1 Å². The van der Waals surface area contributed by atoms with E-state index in [-0.39, 0.29) is 17.6 Å². The first kappa shape index (κ1) is 24.4. The van der Waals surface area contributed by atoms with E-state index in [4.69, 9.17) is 4.74 Å². The SMILES string of the molecule is COc1cccc(CN2C(=O)N(c3ccc(C4CNNC4)cc3)CC23CCN(C(=O)N(C)C)CC3)c1. The summed E-state index contributed by atoms with van der Waals surface area (Å²) in [6.07, 6.45) is 1.49. The van der Waals surface area contributed by atoms with Crippen LogP contribution in [0.5, 0.6) is 5.75 Å². The van der Waals surface area contributed by atoms with E-state index in [1.54, 1.807) is 26.1 Å². The molecule has 0 atom stereocenters. The summed E-state index contributed by atoms with van der Waals surface area (Å²) >= 11 is 0. The first-order valence-corrected chi connectivity index (χ1v) is 12.6. The Morgan fingerprint density at radius 2 is 1.78 bits per heavy atom. The van der Waals surface area contributed by atoms with E-state index in [1.807, 2.05) is 39.0 Å². The van der Waals surface area contributed by atoms with Gasteiger partial charge in [-0.2, -0.15) is 0 Å². The molecular weight excluding hydrogens is 456 g/mol. The average molecular weight is 493 g/mol. The zero-order valence-electron chi connectivity index (χ0n) is 21.4. The van der Waals surface area contributed by atoms with Crippen LogP contribution in [0.1, 0.15) is 29.9 Å². The van der Waals surface area contributed by atoms with Gasteiger partial charge in [0.05, 0.1) is 19.2 Å². The Morgan fingerprint density at radius 1 is 1.08 bits per heavy atom. The van der Waals surface area contributed by atoms with Crippen molar-refractivity contribution in [3.8, 4) is 5.75 Å². The number of nitrogens with one attached hydrogen (secondary N) is 2. The number of anilines is 1. The van der Waals surface area contributed by atoms with Crippen molar-refractivity contribution in [3.63, 3.8) is 0 Å². The molecule has 5 rings (SSSR count). The highest BCUT2D eigenvalue weighted by Gasteiger charge is 2.51. The van der Waals surface area contributed by atoms with Gasteiger partial charge in [-0.1, -0.05) is 24.3 Å². The Balaban J connectivity index is 1.40. The number of amides is 4. The second-order valence-corrected chi connectivity index (χ2v) is 10.2. The van der Waals surface area contributed by atoms with E-state index in [2.05, 4.69) is 35.1 Å². The Labute approximate surface area is 212 Å². The lowest BCUT2D eigenvalue weighted by Gasteiger charge is -2.44. The Kier molecular flexibility index (Phi) is 6.77. The number of carbonyl (C=O) groups is 2. The van der Waals surface area contributed by atoms with Gasteiger partial charge in [0.1, 0.15) is 5.75 Å². The molecule has 36 heavy (non-hydrogen) atoms. The van der Waals surface area contributed by atoms with Gasteiger partial charge in [-0.25, -0.2) is 9.59 Å². The van der Waals surface area contributed by atoms with Crippen LogP contribution in [0.3, 0.4) is 0 Å². The van der Waals surface area contributed by atoms with Gasteiger partial charge in [0.15, 0.2) is 0 Å². The molecule has 0 unspecified atom stereocenters. The Hall–Kier alpha value is -3.30. The second-order valence-electron chi connectivity index (χ2n) is 10.2. The number of nitrogens with zero attached hydrogens (tertiary/aromatic N) is 4. The Bertz CT molecular complexity index is 1090. The van der Waals surface area contributed by atoms with E-state index in [9.17, 15) is 9.59 Å². The van der Waals surface area contributed by atoms with Gasteiger partial charge >= 0.3 is 12.1 Å². The van der Waals surface area contributed by atoms with Crippen molar-refractivity contribution in [2.24, 2.45) is 0 Å². The monoisotopic (exact) mass is 492 g/mol. The summed E-state index contributed by atoms with van der Waals surface area (Å²) in [6, 6.07) is 16.4. The van der Waals surface area contributed by atoms with Crippen molar-refractivity contribution in [2.45, 2.75) is 30.8 Å². The maximum Gasteiger partial charge on any atom is 0.325 e. The number of benzene rings is 2. The van der Waals surface area contributed by atoms with Gasteiger partial charge in [0, 0.05) is 58.4 Å². The van der Waals surface area contributed by atoms with Crippen LogP contribution in [0.2, 0.25) is 0 Å². The molecule has 9 heteroatoms. The number of piperidine rings is 1. The molecule has 3 saturated heterocycles. The second kappa shape index (κ2) is 9.99. The van der Waals surface area contributed by atoms with Crippen LogP contribution < -0.4 is 20.5 Å². The normalized spacial score (nSPS) is 19.9. The van der Waals surface area contributed by atoms with Crippen LogP contribution >= 0.6 is 0 Å². The Morgan fingerprint density at radius 3 is 2.42 bits per heavy atom. The summed E-state index contributed by atoms with van der Waals surface area (Å²) in [5, 5.41) is 0. The first-order chi connectivity index (χ1) is 17.4. The highest BCUT2D eigenvalue weighted by molar-refractivity contribution is 5.95. The highest BCUT2D eigenvalue weighted by atomic mass is 16.5. The molecule has 2 aromatic carbocycles. The minimum absolute atomic E-state index is 0.0159. The number of methoxy groups -OCH3 is 1. The molecule has 0 aliphatic carbocycles. The van der Waals surface area contributed by atoms with Crippen LogP contribution in [-0.4, -0.2) is 86.2 Å². The molecule has 0 saturated carbocycles. The third-order valence-electron chi connectivity index (χ3n) is 7.81. The number of hydrogen-bond donors (Lipinski definition) is 2. The molecule has 192 valence electrons. The quantitative estimate of drug-likeness (QED) is 0.671. The molecule has 3 heterocycles. The fourth-order valence-corrected chi connectivity index (χ4v) is 5.64. The van der Waals surface area contributed by atoms with Gasteiger partial charge in [-0.3, -0.25) is 15.8 Å². The summed E-state index contributed by atoms with van der Waals surface area (Å²) < 4.78 is 5.42. The highest BCUT2D eigenvalue weighted by Crippen LogP contribution is 2.40. The van der Waals surface area contributed by atoms with Crippen LogP contribution in [0.25, 0.3) is 0 Å². The van der Waals surface area contributed by atoms with Crippen molar-refractivity contribution in [2.75, 3.05) is 58.8 Å². The van der Waals surface area contributed by atoms with Crippen molar-refractivity contribution in [1.29, 1.82) is 0 Å². The lowest BCUT2D eigenvalue weighted by Crippen LogP contribution is -2.56. The molecule has 0 bridgehead atoms. The molecule has 2 N–H and O–H groups in total. The molecular formula is C27H36N6O3. The number of urea groups is 2. The number of hydrogen-bond acceptors (Lipinski definition) is 5. The van der Waals surface area contributed by atoms with Gasteiger partial charge in [-0.15, -0.1) is 0 Å². The first-order valence-electron chi connectivity index (χ1n) is 12.6. The zero-order valence-corrected chi connectivity index (χ0v) is 21.4. The molecule has 3 aliphatic rings.